The number of anilines is 1. The number of H-pyrrole nitrogens is 1. The maximum Gasteiger partial charge on any atom is 0.271 e. The maximum absolute atomic E-state index is 12.9. The summed E-state index contributed by atoms with van der Waals surface area (Å²) in [5, 5.41) is 1.01. The van der Waals surface area contributed by atoms with Crippen molar-refractivity contribution in [3.05, 3.63) is 46.8 Å². The van der Waals surface area contributed by atoms with Crippen LogP contribution in [0.1, 0.15) is 10.5 Å². The smallest absolute Gasteiger partial charge is 0.271 e. The van der Waals surface area contributed by atoms with Crippen LogP contribution in [0, 0.1) is 0 Å². The summed E-state index contributed by atoms with van der Waals surface area (Å²) in [4.78, 5) is 28.7. The second-order valence-corrected chi connectivity index (χ2v) is 6.85. The summed E-state index contributed by atoms with van der Waals surface area (Å²) in [6.45, 7) is 2.65. The predicted molar refractivity (Wildman–Crippen MR) is 103 cm³/mol. The topological polar surface area (TPSA) is 74.3 Å². The number of benzene rings is 1. The molecule has 2 aromatic heterocycles. The van der Waals surface area contributed by atoms with Gasteiger partial charge in [-0.15, -0.1) is 0 Å². The maximum atomic E-state index is 12.9. The van der Waals surface area contributed by atoms with Gasteiger partial charge in [0.15, 0.2) is 5.82 Å². The number of methoxy groups -OCH3 is 1. The molecule has 1 amide bonds. The summed E-state index contributed by atoms with van der Waals surface area (Å²) in [6, 6.07) is 7.87. The molecule has 1 saturated heterocycles. The Morgan fingerprint density at radius 2 is 1.96 bits per heavy atom. The number of nitrogens with one attached hydrogen (secondary N) is 1. The van der Waals surface area contributed by atoms with Gasteiger partial charge in [0, 0.05) is 37.1 Å². The van der Waals surface area contributed by atoms with Crippen molar-refractivity contribution >= 4 is 38.6 Å². The molecule has 3 heterocycles. The standard InChI is InChI=1S/C18H18BrN5O2/c1-26-15-11-20-10-14(22-15)23-6-8-24(9-7-23)18(25)17-16(19)12-4-2-3-5-13(12)21-17/h2-5,10-11,21H,6-9H2,1H3. The van der Waals surface area contributed by atoms with Gasteiger partial charge in [0.05, 0.1) is 24.0 Å². The number of rotatable bonds is 3. The molecule has 0 spiro atoms. The fourth-order valence-electron chi connectivity index (χ4n) is 3.14. The van der Waals surface area contributed by atoms with Gasteiger partial charge in [0.2, 0.25) is 5.88 Å². The molecule has 1 N–H and O–H groups in total. The number of hydrogen-bond acceptors (Lipinski definition) is 5. The Labute approximate surface area is 159 Å². The molecule has 134 valence electrons. The van der Waals surface area contributed by atoms with E-state index in [-0.39, 0.29) is 5.91 Å². The normalized spacial score (nSPS) is 14.7. The van der Waals surface area contributed by atoms with Crippen LogP contribution in [-0.2, 0) is 0 Å². The summed E-state index contributed by atoms with van der Waals surface area (Å²) in [5.41, 5.74) is 1.55. The summed E-state index contributed by atoms with van der Waals surface area (Å²) >= 11 is 3.56. The van der Waals surface area contributed by atoms with Gasteiger partial charge in [-0.2, -0.15) is 4.98 Å². The molecule has 0 atom stereocenters. The van der Waals surface area contributed by atoms with Crippen LogP contribution < -0.4 is 9.64 Å². The van der Waals surface area contributed by atoms with Crippen molar-refractivity contribution in [3.8, 4) is 5.88 Å². The molecule has 7 nitrogen and oxygen atoms in total. The van der Waals surface area contributed by atoms with Gasteiger partial charge in [0.1, 0.15) is 5.69 Å². The van der Waals surface area contributed by atoms with Crippen molar-refractivity contribution in [1.29, 1.82) is 0 Å². The van der Waals surface area contributed by atoms with Gasteiger partial charge in [-0.3, -0.25) is 9.78 Å². The molecule has 0 radical (unpaired) electrons. The number of nitrogens with zero attached hydrogens (tertiary/aromatic N) is 4. The largest absolute Gasteiger partial charge is 0.480 e. The number of aromatic nitrogens is 3. The van der Waals surface area contributed by atoms with E-state index in [4.69, 9.17) is 4.74 Å². The van der Waals surface area contributed by atoms with Crippen LogP contribution in [0.15, 0.2) is 41.1 Å². The lowest BCUT2D eigenvalue weighted by molar-refractivity contribution is 0.0740. The minimum absolute atomic E-state index is 0.00412. The van der Waals surface area contributed by atoms with E-state index < -0.39 is 0 Å². The zero-order valence-electron chi connectivity index (χ0n) is 14.3. The minimum atomic E-state index is 0.00412. The van der Waals surface area contributed by atoms with Crippen molar-refractivity contribution in [2.24, 2.45) is 0 Å². The van der Waals surface area contributed by atoms with Gasteiger partial charge in [-0.1, -0.05) is 18.2 Å². The number of fused-ring (bicyclic) bond motifs is 1. The van der Waals surface area contributed by atoms with Crippen molar-refractivity contribution in [1.82, 2.24) is 19.9 Å². The molecule has 1 aromatic carbocycles. The van der Waals surface area contributed by atoms with Crippen molar-refractivity contribution < 1.29 is 9.53 Å². The quantitative estimate of drug-likeness (QED) is 0.711. The molecule has 0 aliphatic carbocycles. The van der Waals surface area contributed by atoms with Gasteiger partial charge in [0.25, 0.3) is 5.91 Å². The predicted octanol–water partition coefficient (Wildman–Crippen LogP) is 2.69. The third kappa shape index (κ3) is 3.01. The van der Waals surface area contributed by atoms with Crippen LogP contribution in [0.4, 0.5) is 5.82 Å². The summed E-state index contributed by atoms with van der Waals surface area (Å²) in [5.74, 6) is 1.26. The van der Waals surface area contributed by atoms with Gasteiger partial charge in [-0.05, 0) is 22.0 Å². The van der Waals surface area contributed by atoms with Gasteiger partial charge >= 0.3 is 0 Å². The Morgan fingerprint density at radius 3 is 2.69 bits per heavy atom. The number of amides is 1. The lowest BCUT2D eigenvalue weighted by Gasteiger charge is -2.35. The molecule has 0 saturated carbocycles. The number of halogens is 1. The highest BCUT2D eigenvalue weighted by Gasteiger charge is 2.26. The number of ether oxygens (including phenoxy) is 1. The lowest BCUT2D eigenvalue weighted by atomic mass is 10.2. The van der Waals surface area contributed by atoms with E-state index in [1.54, 1.807) is 19.5 Å². The molecule has 1 aliphatic rings. The second kappa shape index (κ2) is 6.95. The molecular formula is C18H18BrN5O2. The van der Waals surface area contributed by atoms with E-state index in [1.165, 1.54) is 0 Å². The Hall–Kier alpha value is -2.61. The summed E-state index contributed by atoms with van der Waals surface area (Å²) in [7, 11) is 1.57. The molecular weight excluding hydrogens is 398 g/mol. The Morgan fingerprint density at radius 1 is 1.19 bits per heavy atom. The van der Waals surface area contributed by atoms with Crippen molar-refractivity contribution in [3.63, 3.8) is 0 Å². The number of piperazine rings is 1. The highest BCUT2D eigenvalue weighted by atomic mass is 79.9. The second-order valence-electron chi connectivity index (χ2n) is 6.06. The number of carbonyl (C=O) groups is 1. The average Bonchev–Trinajstić information content (AvgIpc) is 3.04. The molecule has 3 aromatic rings. The number of carbonyl (C=O) groups excluding carboxylic acids is 1. The number of para-hydroxylation sites is 1. The summed E-state index contributed by atoms with van der Waals surface area (Å²) < 4.78 is 5.95. The van der Waals surface area contributed by atoms with Crippen LogP contribution in [0.3, 0.4) is 0 Å². The first-order valence-electron chi connectivity index (χ1n) is 8.34. The molecule has 1 fully saturated rings. The van der Waals surface area contributed by atoms with Crippen LogP contribution >= 0.6 is 15.9 Å². The van der Waals surface area contributed by atoms with Gasteiger partial charge in [-0.25, -0.2) is 0 Å². The molecule has 0 unspecified atom stereocenters. The number of hydrogen-bond donors (Lipinski definition) is 1. The first-order chi connectivity index (χ1) is 12.7. The zero-order chi connectivity index (χ0) is 18.1. The van der Waals surface area contributed by atoms with Gasteiger partial charge < -0.3 is 19.5 Å². The molecule has 0 bridgehead atoms. The van der Waals surface area contributed by atoms with E-state index in [0.717, 1.165) is 21.2 Å². The Bertz CT molecular complexity index is 950. The number of aromatic amines is 1. The highest BCUT2D eigenvalue weighted by molar-refractivity contribution is 9.10. The van der Waals surface area contributed by atoms with E-state index in [0.29, 0.717) is 37.8 Å². The first kappa shape index (κ1) is 16.8. The zero-order valence-corrected chi connectivity index (χ0v) is 15.9. The van der Waals surface area contributed by atoms with Crippen LogP contribution in [0.2, 0.25) is 0 Å². The fraction of sp³-hybridized carbons (Fsp3) is 0.278. The Kier molecular flexibility index (Phi) is 4.50. The van der Waals surface area contributed by atoms with E-state index in [2.05, 4.69) is 35.8 Å². The van der Waals surface area contributed by atoms with Crippen LogP contribution in [-0.4, -0.2) is 59.0 Å². The third-order valence-electron chi connectivity index (χ3n) is 4.56. The fourth-order valence-corrected chi connectivity index (χ4v) is 3.76. The molecule has 4 rings (SSSR count). The molecule has 26 heavy (non-hydrogen) atoms. The molecule has 8 heteroatoms. The van der Waals surface area contributed by atoms with E-state index in [9.17, 15) is 4.79 Å². The van der Waals surface area contributed by atoms with Crippen molar-refractivity contribution in [2.45, 2.75) is 0 Å². The highest BCUT2D eigenvalue weighted by Crippen LogP contribution is 2.29. The Balaban J connectivity index is 1.48. The minimum Gasteiger partial charge on any atom is -0.480 e. The average molecular weight is 416 g/mol. The summed E-state index contributed by atoms with van der Waals surface area (Å²) in [6.07, 6.45) is 3.30. The van der Waals surface area contributed by atoms with E-state index >= 15 is 0 Å². The molecule has 1 aliphatic heterocycles. The van der Waals surface area contributed by atoms with Crippen molar-refractivity contribution in [2.75, 3.05) is 38.2 Å². The first-order valence-corrected chi connectivity index (χ1v) is 9.13. The monoisotopic (exact) mass is 415 g/mol. The third-order valence-corrected chi connectivity index (χ3v) is 5.38. The van der Waals surface area contributed by atoms with Crippen LogP contribution in [0.5, 0.6) is 5.88 Å². The van der Waals surface area contributed by atoms with Crippen LogP contribution in [0.25, 0.3) is 10.9 Å². The van der Waals surface area contributed by atoms with E-state index in [1.807, 2.05) is 29.2 Å². The lowest BCUT2D eigenvalue weighted by Crippen LogP contribution is -2.49. The SMILES string of the molecule is COc1cncc(N2CCN(C(=O)c3[nH]c4ccccc4c3Br)CC2)n1.